The maximum atomic E-state index is 11.8. The van der Waals surface area contributed by atoms with Gasteiger partial charge in [0.25, 0.3) is 0 Å². The van der Waals surface area contributed by atoms with Gasteiger partial charge in [-0.2, -0.15) is 0 Å². The van der Waals surface area contributed by atoms with E-state index in [2.05, 4.69) is 20.9 Å². The van der Waals surface area contributed by atoms with Crippen LogP contribution in [0, 0.1) is 5.92 Å². The van der Waals surface area contributed by atoms with E-state index >= 15 is 0 Å². The Hall–Kier alpha value is -2.70. The lowest BCUT2D eigenvalue weighted by Crippen LogP contribution is -2.19. The van der Waals surface area contributed by atoms with Crippen molar-refractivity contribution in [2.45, 2.75) is 20.4 Å². The molecule has 7 nitrogen and oxygen atoms in total. The molecule has 2 N–H and O–H groups in total. The average Bonchev–Trinajstić information content (AvgIpc) is 2.86. The number of hydrogen-bond acceptors (Lipinski definition) is 4. The van der Waals surface area contributed by atoms with Crippen LogP contribution in [0.25, 0.3) is 0 Å². The van der Waals surface area contributed by atoms with Crippen LogP contribution in [0.2, 0.25) is 0 Å². The van der Waals surface area contributed by atoms with Crippen molar-refractivity contribution in [3.63, 3.8) is 0 Å². The number of para-hydroxylation sites is 1. The third-order valence-corrected chi connectivity index (χ3v) is 2.68. The standard InChI is InChI=1S/C14H17N5O2/c1-10(2)14(21)16-12-8-19(18-17-12)9-13(20)15-11-6-4-3-5-7-11/h3-8,10H,9H2,1-2H3,(H,15,20)(H,16,21). The van der Waals surface area contributed by atoms with Crippen molar-refractivity contribution in [3.05, 3.63) is 36.5 Å². The Morgan fingerprint density at radius 2 is 1.90 bits per heavy atom. The Labute approximate surface area is 122 Å². The molecule has 110 valence electrons. The molecule has 0 saturated carbocycles. The minimum absolute atomic E-state index is 0.0272. The van der Waals surface area contributed by atoms with E-state index in [1.165, 1.54) is 10.9 Å². The van der Waals surface area contributed by atoms with Crippen molar-refractivity contribution in [1.29, 1.82) is 0 Å². The third-order valence-electron chi connectivity index (χ3n) is 2.68. The molecule has 2 amide bonds. The van der Waals surface area contributed by atoms with Gasteiger partial charge in [-0.1, -0.05) is 37.3 Å². The molecular formula is C14H17N5O2. The number of rotatable bonds is 5. The smallest absolute Gasteiger partial charge is 0.246 e. The van der Waals surface area contributed by atoms with Crippen molar-refractivity contribution in [1.82, 2.24) is 15.0 Å². The van der Waals surface area contributed by atoms with E-state index in [9.17, 15) is 9.59 Å². The number of hydrogen-bond donors (Lipinski definition) is 2. The summed E-state index contributed by atoms with van der Waals surface area (Å²) in [5, 5.41) is 13.0. The van der Waals surface area contributed by atoms with Crippen molar-refractivity contribution >= 4 is 23.3 Å². The lowest BCUT2D eigenvalue weighted by Gasteiger charge is -2.04. The van der Waals surface area contributed by atoms with Gasteiger partial charge in [-0.05, 0) is 12.1 Å². The zero-order valence-corrected chi connectivity index (χ0v) is 11.9. The summed E-state index contributed by atoms with van der Waals surface area (Å²) in [5.74, 6) is -0.165. The van der Waals surface area contributed by atoms with E-state index in [-0.39, 0.29) is 24.3 Å². The van der Waals surface area contributed by atoms with Gasteiger partial charge in [0.05, 0.1) is 6.20 Å². The molecule has 1 aromatic carbocycles. The second-order valence-electron chi connectivity index (χ2n) is 4.86. The van der Waals surface area contributed by atoms with Crippen molar-refractivity contribution in [2.24, 2.45) is 5.92 Å². The van der Waals surface area contributed by atoms with E-state index in [0.717, 1.165) is 5.69 Å². The van der Waals surface area contributed by atoms with Gasteiger partial charge in [-0.15, -0.1) is 5.10 Å². The second kappa shape index (κ2) is 6.65. The van der Waals surface area contributed by atoms with Gasteiger partial charge >= 0.3 is 0 Å². The quantitative estimate of drug-likeness (QED) is 0.872. The Bertz CT molecular complexity index is 621. The lowest BCUT2D eigenvalue weighted by molar-refractivity contribution is -0.119. The largest absolute Gasteiger partial charge is 0.324 e. The molecular weight excluding hydrogens is 270 g/mol. The van der Waals surface area contributed by atoms with Crippen LogP contribution in [-0.2, 0) is 16.1 Å². The van der Waals surface area contributed by atoms with E-state index in [1.807, 2.05) is 18.2 Å². The van der Waals surface area contributed by atoms with E-state index < -0.39 is 0 Å². The number of aromatic nitrogens is 3. The normalized spacial score (nSPS) is 10.4. The number of amides is 2. The summed E-state index contributed by atoms with van der Waals surface area (Å²) in [5.41, 5.74) is 0.718. The first kappa shape index (κ1) is 14.7. The number of carbonyl (C=O) groups is 2. The first-order chi connectivity index (χ1) is 10.0. The monoisotopic (exact) mass is 287 g/mol. The van der Waals surface area contributed by atoms with Crippen LogP contribution < -0.4 is 10.6 Å². The van der Waals surface area contributed by atoms with Gasteiger partial charge in [0, 0.05) is 11.6 Å². The maximum absolute atomic E-state index is 11.8. The topological polar surface area (TPSA) is 88.9 Å². The van der Waals surface area contributed by atoms with Gasteiger partial charge in [0.15, 0.2) is 5.82 Å². The first-order valence-electron chi connectivity index (χ1n) is 6.60. The van der Waals surface area contributed by atoms with Gasteiger partial charge < -0.3 is 10.6 Å². The van der Waals surface area contributed by atoms with Crippen LogP contribution in [0.15, 0.2) is 36.5 Å². The van der Waals surface area contributed by atoms with Gasteiger partial charge in [-0.25, -0.2) is 4.68 Å². The van der Waals surface area contributed by atoms with Crippen molar-refractivity contribution in [2.75, 3.05) is 10.6 Å². The fourth-order valence-electron chi connectivity index (χ4n) is 1.57. The lowest BCUT2D eigenvalue weighted by atomic mass is 10.2. The zero-order valence-electron chi connectivity index (χ0n) is 11.9. The number of benzene rings is 1. The molecule has 21 heavy (non-hydrogen) atoms. The molecule has 0 unspecified atom stereocenters. The van der Waals surface area contributed by atoms with Crippen LogP contribution >= 0.6 is 0 Å². The van der Waals surface area contributed by atoms with Crippen LogP contribution in [0.1, 0.15) is 13.8 Å². The molecule has 0 saturated heterocycles. The van der Waals surface area contributed by atoms with Crippen molar-refractivity contribution in [3.8, 4) is 0 Å². The molecule has 7 heteroatoms. The summed E-state index contributed by atoms with van der Waals surface area (Å²) in [4.78, 5) is 23.4. The molecule has 0 aliphatic heterocycles. The Balaban J connectivity index is 1.90. The third kappa shape index (κ3) is 4.41. The molecule has 1 heterocycles. The van der Waals surface area contributed by atoms with E-state index in [4.69, 9.17) is 0 Å². The van der Waals surface area contributed by atoms with Crippen LogP contribution in [-0.4, -0.2) is 26.8 Å². The highest BCUT2D eigenvalue weighted by Crippen LogP contribution is 2.06. The molecule has 1 aromatic heterocycles. The number of carbonyl (C=O) groups excluding carboxylic acids is 2. The molecule has 2 aromatic rings. The Kier molecular flexibility index (Phi) is 4.65. The van der Waals surface area contributed by atoms with Gasteiger partial charge in [-0.3, -0.25) is 9.59 Å². The molecule has 0 radical (unpaired) electrons. The minimum Gasteiger partial charge on any atom is -0.324 e. The first-order valence-corrected chi connectivity index (χ1v) is 6.60. The predicted molar refractivity (Wildman–Crippen MR) is 78.6 cm³/mol. The van der Waals surface area contributed by atoms with Crippen LogP contribution in [0.4, 0.5) is 11.5 Å². The molecule has 0 spiro atoms. The summed E-state index contributed by atoms with van der Waals surface area (Å²) >= 11 is 0. The summed E-state index contributed by atoms with van der Waals surface area (Å²) < 4.78 is 1.37. The van der Waals surface area contributed by atoms with Gasteiger partial charge in [0.2, 0.25) is 11.8 Å². The summed E-state index contributed by atoms with van der Waals surface area (Å²) in [7, 11) is 0. The molecule has 0 bridgehead atoms. The molecule has 0 aliphatic rings. The number of nitrogens with zero attached hydrogens (tertiary/aromatic N) is 3. The maximum Gasteiger partial charge on any atom is 0.246 e. The average molecular weight is 287 g/mol. The van der Waals surface area contributed by atoms with Gasteiger partial charge in [0.1, 0.15) is 6.54 Å². The predicted octanol–water partition coefficient (Wildman–Crippen LogP) is 1.51. The van der Waals surface area contributed by atoms with Crippen LogP contribution in [0.3, 0.4) is 0 Å². The highest BCUT2D eigenvalue weighted by Gasteiger charge is 2.11. The zero-order chi connectivity index (χ0) is 15.2. The number of nitrogens with one attached hydrogen (secondary N) is 2. The highest BCUT2D eigenvalue weighted by molar-refractivity contribution is 5.91. The molecule has 0 fully saturated rings. The van der Waals surface area contributed by atoms with E-state index in [1.54, 1.807) is 26.0 Å². The Morgan fingerprint density at radius 3 is 2.57 bits per heavy atom. The summed E-state index contributed by atoms with van der Waals surface area (Å²) in [6.07, 6.45) is 1.52. The second-order valence-corrected chi connectivity index (χ2v) is 4.86. The molecule has 0 aliphatic carbocycles. The Morgan fingerprint density at radius 1 is 1.19 bits per heavy atom. The highest BCUT2D eigenvalue weighted by atomic mass is 16.2. The number of anilines is 2. The van der Waals surface area contributed by atoms with E-state index in [0.29, 0.717) is 5.82 Å². The fraction of sp³-hybridized carbons (Fsp3) is 0.286. The molecule has 2 rings (SSSR count). The SMILES string of the molecule is CC(C)C(=O)Nc1cn(CC(=O)Nc2ccccc2)nn1. The van der Waals surface area contributed by atoms with Crippen LogP contribution in [0.5, 0.6) is 0 Å². The summed E-state index contributed by atoms with van der Waals surface area (Å²) in [6.45, 7) is 3.60. The minimum atomic E-state index is -0.215. The van der Waals surface area contributed by atoms with Crippen molar-refractivity contribution < 1.29 is 9.59 Å². The summed E-state index contributed by atoms with van der Waals surface area (Å²) in [6, 6.07) is 9.15. The molecule has 0 atom stereocenters. The fourth-order valence-corrected chi connectivity index (χ4v) is 1.57.